The normalized spacial score (nSPS) is 12.6. The topological polar surface area (TPSA) is 0 Å². The minimum absolute atomic E-state index is 0.624. The zero-order valence-corrected chi connectivity index (χ0v) is 15.5. The summed E-state index contributed by atoms with van der Waals surface area (Å²) in [5.74, 6) is 1.39. The summed E-state index contributed by atoms with van der Waals surface area (Å²) in [6.45, 7) is 11.4. The van der Waals surface area contributed by atoms with Gasteiger partial charge in [-0.1, -0.05) is 74.4 Å². The minimum Gasteiger partial charge on any atom is -0.0628 e. The summed E-state index contributed by atoms with van der Waals surface area (Å²) in [6.07, 6.45) is 4.88. The van der Waals surface area contributed by atoms with Gasteiger partial charge in [-0.15, -0.1) is 0 Å². The second-order valence-corrected chi connectivity index (χ2v) is 7.56. The third-order valence-electron chi connectivity index (χ3n) is 4.81. The first kappa shape index (κ1) is 17.8. The fourth-order valence-electron chi connectivity index (χ4n) is 3.17. The van der Waals surface area contributed by atoms with E-state index in [1.54, 1.807) is 11.1 Å². The molecule has 0 heteroatoms. The number of hydrogen-bond donors (Lipinski definition) is 0. The van der Waals surface area contributed by atoms with E-state index in [4.69, 9.17) is 0 Å². The Morgan fingerprint density at radius 1 is 0.739 bits per heavy atom. The molecule has 0 amide bonds. The van der Waals surface area contributed by atoms with E-state index < -0.39 is 0 Å². The van der Waals surface area contributed by atoms with E-state index in [0.717, 1.165) is 5.92 Å². The van der Waals surface area contributed by atoms with Crippen molar-refractivity contribution in [3.63, 3.8) is 0 Å². The number of rotatable bonds is 7. The van der Waals surface area contributed by atoms with Gasteiger partial charge in [0.25, 0.3) is 0 Å². The first-order valence-corrected chi connectivity index (χ1v) is 9.10. The van der Waals surface area contributed by atoms with Crippen LogP contribution < -0.4 is 0 Å². The zero-order chi connectivity index (χ0) is 16.8. The molecule has 0 aliphatic carbocycles. The molecule has 2 rings (SSSR count). The van der Waals surface area contributed by atoms with Crippen molar-refractivity contribution in [2.24, 2.45) is 5.92 Å². The highest BCUT2D eigenvalue weighted by atomic mass is 14.2. The lowest BCUT2D eigenvalue weighted by atomic mass is 9.87. The monoisotopic (exact) mass is 308 g/mol. The molecule has 0 saturated heterocycles. The lowest BCUT2D eigenvalue weighted by Crippen LogP contribution is -2.03. The SMILES string of the molecule is Cc1ccc(CCC(C)c2ccc(C)cc2CCC(C)C)cc1. The molecule has 1 unspecified atom stereocenters. The van der Waals surface area contributed by atoms with Crippen LogP contribution in [0.15, 0.2) is 42.5 Å². The predicted octanol–water partition coefficient (Wildman–Crippen LogP) is 6.63. The van der Waals surface area contributed by atoms with Crippen molar-refractivity contribution >= 4 is 0 Å². The number of aryl methyl sites for hydroxylation is 4. The average Bonchev–Trinajstić information content (AvgIpc) is 2.52. The molecule has 0 saturated carbocycles. The zero-order valence-electron chi connectivity index (χ0n) is 15.5. The Kier molecular flexibility index (Phi) is 6.45. The van der Waals surface area contributed by atoms with Crippen LogP contribution in [0.5, 0.6) is 0 Å². The molecule has 2 aromatic rings. The Morgan fingerprint density at radius 3 is 2.04 bits per heavy atom. The lowest BCUT2D eigenvalue weighted by molar-refractivity contribution is 0.579. The van der Waals surface area contributed by atoms with Gasteiger partial charge in [-0.3, -0.25) is 0 Å². The molecule has 0 heterocycles. The maximum Gasteiger partial charge on any atom is -0.0184 e. The van der Waals surface area contributed by atoms with Crippen LogP contribution in [0.2, 0.25) is 0 Å². The summed E-state index contributed by atoms with van der Waals surface area (Å²) in [6, 6.07) is 16.0. The molecular formula is C23H32. The summed E-state index contributed by atoms with van der Waals surface area (Å²) in [7, 11) is 0. The highest BCUT2D eigenvalue weighted by molar-refractivity contribution is 5.34. The molecule has 0 aliphatic rings. The molecule has 0 aromatic heterocycles. The molecule has 0 radical (unpaired) electrons. The fraction of sp³-hybridized carbons (Fsp3) is 0.478. The molecule has 124 valence electrons. The summed E-state index contributed by atoms with van der Waals surface area (Å²) in [4.78, 5) is 0. The van der Waals surface area contributed by atoms with Crippen LogP contribution >= 0.6 is 0 Å². The van der Waals surface area contributed by atoms with Gasteiger partial charge in [0, 0.05) is 0 Å². The van der Waals surface area contributed by atoms with Crippen molar-refractivity contribution in [2.45, 2.75) is 66.2 Å². The second-order valence-electron chi connectivity index (χ2n) is 7.56. The number of hydrogen-bond acceptors (Lipinski definition) is 0. The Bertz CT molecular complexity index is 604. The minimum atomic E-state index is 0.624. The summed E-state index contributed by atoms with van der Waals surface area (Å²) in [5.41, 5.74) is 7.31. The lowest BCUT2D eigenvalue weighted by Gasteiger charge is -2.18. The van der Waals surface area contributed by atoms with Crippen LogP contribution in [0.25, 0.3) is 0 Å². The van der Waals surface area contributed by atoms with Gasteiger partial charge in [0.2, 0.25) is 0 Å². The van der Waals surface area contributed by atoms with Crippen molar-refractivity contribution in [1.29, 1.82) is 0 Å². The van der Waals surface area contributed by atoms with Crippen LogP contribution in [-0.2, 0) is 12.8 Å². The van der Waals surface area contributed by atoms with Crippen LogP contribution in [0.4, 0.5) is 0 Å². The standard InChI is InChI=1S/C23H32/c1-17(2)6-14-22-16-19(4)9-15-23(22)20(5)10-13-21-11-7-18(3)8-12-21/h7-9,11-12,15-17,20H,6,10,13-14H2,1-5H3. The molecule has 0 bridgehead atoms. The number of benzene rings is 2. The summed E-state index contributed by atoms with van der Waals surface area (Å²) < 4.78 is 0. The third kappa shape index (κ3) is 5.53. The van der Waals surface area contributed by atoms with Crippen LogP contribution in [-0.4, -0.2) is 0 Å². The van der Waals surface area contributed by atoms with Gasteiger partial charge >= 0.3 is 0 Å². The van der Waals surface area contributed by atoms with Gasteiger partial charge in [0.15, 0.2) is 0 Å². The Balaban J connectivity index is 2.05. The molecule has 0 N–H and O–H groups in total. The van der Waals surface area contributed by atoms with Crippen LogP contribution in [0.1, 0.15) is 67.3 Å². The van der Waals surface area contributed by atoms with E-state index >= 15 is 0 Å². The van der Waals surface area contributed by atoms with E-state index in [0.29, 0.717) is 5.92 Å². The van der Waals surface area contributed by atoms with Crippen LogP contribution in [0.3, 0.4) is 0 Å². The van der Waals surface area contributed by atoms with Gasteiger partial charge in [0.05, 0.1) is 0 Å². The average molecular weight is 309 g/mol. The highest BCUT2D eigenvalue weighted by Gasteiger charge is 2.12. The Morgan fingerprint density at radius 2 is 1.39 bits per heavy atom. The maximum absolute atomic E-state index is 2.40. The molecule has 2 aromatic carbocycles. The van der Waals surface area contributed by atoms with Gasteiger partial charge in [-0.05, 0) is 68.1 Å². The molecule has 0 aliphatic heterocycles. The highest BCUT2D eigenvalue weighted by Crippen LogP contribution is 2.27. The van der Waals surface area contributed by atoms with E-state index in [1.807, 2.05) is 0 Å². The van der Waals surface area contributed by atoms with Gasteiger partial charge in [0.1, 0.15) is 0 Å². The second kappa shape index (κ2) is 8.34. The quantitative estimate of drug-likeness (QED) is 0.538. The fourth-order valence-corrected chi connectivity index (χ4v) is 3.17. The van der Waals surface area contributed by atoms with Gasteiger partial charge in [-0.25, -0.2) is 0 Å². The molecule has 23 heavy (non-hydrogen) atoms. The van der Waals surface area contributed by atoms with Crippen molar-refractivity contribution in [1.82, 2.24) is 0 Å². The van der Waals surface area contributed by atoms with Crippen molar-refractivity contribution in [2.75, 3.05) is 0 Å². The summed E-state index contributed by atoms with van der Waals surface area (Å²) in [5, 5.41) is 0. The summed E-state index contributed by atoms with van der Waals surface area (Å²) >= 11 is 0. The van der Waals surface area contributed by atoms with Crippen molar-refractivity contribution < 1.29 is 0 Å². The van der Waals surface area contributed by atoms with Gasteiger partial charge < -0.3 is 0 Å². The van der Waals surface area contributed by atoms with E-state index in [2.05, 4.69) is 77.1 Å². The Hall–Kier alpha value is -1.56. The predicted molar refractivity (Wildman–Crippen MR) is 102 cm³/mol. The molecular weight excluding hydrogens is 276 g/mol. The van der Waals surface area contributed by atoms with Crippen molar-refractivity contribution in [3.05, 3.63) is 70.3 Å². The largest absolute Gasteiger partial charge is 0.0628 e. The maximum atomic E-state index is 2.40. The van der Waals surface area contributed by atoms with E-state index in [1.165, 1.54) is 42.4 Å². The first-order chi connectivity index (χ1) is 11.0. The molecule has 0 spiro atoms. The van der Waals surface area contributed by atoms with Gasteiger partial charge in [-0.2, -0.15) is 0 Å². The Labute approximate surface area is 143 Å². The smallest absolute Gasteiger partial charge is 0.0184 e. The molecule has 0 nitrogen and oxygen atoms in total. The third-order valence-corrected chi connectivity index (χ3v) is 4.81. The van der Waals surface area contributed by atoms with E-state index in [-0.39, 0.29) is 0 Å². The molecule has 1 atom stereocenters. The van der Waals surface area contributed by atoms with E-state index in [9.17, 15) is 0 Å². The van der Waals surface area contributed by atoms with Crippen LogP contribution in [0, 0.1) is 19.8 Å². The first-order valence-electron chi connectivity index (χ1n) is 9.10. The molecule has 0 fully saturated rings. The van der Waals surface area contributed by atoms with Crippen molar-refractivity contribution in [3.8, 4) is 0 Å².